The smallest absolute Gasteiger partial charge is 0.293 e. The summed E-state index contributed by atoms with van der Waals surface area (Å²) in [5.74, 6) is 0.239. The standard InChI is InChI=1S/C21H23N3O6/c1-28-11-10-22-16-6-4-14(12-17(16)24(26)27)20(25)23-15-5-7-18-19(13-15)30-21(29-18)8-2-3-9-21/h4-7,12-13,22H,2-3,8-11H2,1H3,(H,23,25). The maximum atomic E-state index is 12.7. The molecule has 30 heavy (non-hydrogen) atoms. The average molecular weight is 413 g/mol. The first-order valence-corrected chi connectivity index (χ1v) is 9.84. The number of nitro benzene ring substituents is 1. The van der Waals surface area contributed by atoms with Crippen molar-refractivity contribution >= 4 is 23.0 Å². The van der Waals surface area contributed by atoms with Crippen LogP contribution in [-0.2, 0) is 4.74 Å². The summed E-state index contributed by atoms with van der Waals surface area (Å²) in [6.07, 6.45) is 3.81. The fourth-order valence-electron chi connectivity index (χ4n) is 3.75. The number of carbonyl (C=O) groups is 1. The highest BCUT2D eigenvalue weighted by Gasteiger charge is 2.44. The van der Waals surface area contributed by atoms with Gasteiger partial charge in [-0.3, -0.25) is 14.9 Å². The van der Waals surface area contributed by atoms with Gasteiger partial charge in [0, 0.05) is 49.9 Å². The van der Waals surface area contributed by atoms with Crippen LogP contribution >= 0.6 is 0 Å². The molecule has 2 N–H and O–H groups in total. The molecule has 4 rings (SSSR count). The van der Waals surface area contributed by atoms with Gasteiger partial charge in [-0.05, 0) is 37.1 Å². The highest BCUT2D eigenvalue weighted by atomic mass is 16.7. The number of benzene rings is 2. The number of hydrogen-bond donors (Lipinski definition) is 2. The number of methoxy groups -OCH3 is 1. The van der Waals surface area contributed by atoms with Crippen molar-refractivity contribution in [2.45, 2.75) is 31.5 Å². The van der Waals surface area contributed by atoms with Crippen molar-refractivity contribution < 1.29 is 23.9 Å². The van der Waals surface area contributed by atoms with Crippen LogP contribution in [0, 0.1) is 10.1 Å². The summed E-state index contributed by atoms with van der Waals surface area (Å²) >= 11 is 0. The van der Waals surface area contributed by atoms with Crippen molar-refractivity contribution in [2.75, 3.05) is 30.9 Å². The molecule has 0 saturated heterocycles. The molecule has 1 aliphatic carbocycles. The Morgan fingerprint density at radius 3 is 2.67 bits per heavy atom. The van der Waals surface area contributed by atoms with Crippen molar-refractivity contribution in [1.82, 2.24) is 0 Å². The molecule has 1 aliphatic heterocycles. The zero-order valence-electron chi connectivity index (χ0n) is 16.6. The Bertz CT molecular complexity index is 971. The van der Waals surface area contributed by atoms with Gasteiger partial charge >= 0.3 is 0 Å². The minimum absolute atomic E-state index is 0.174. The van der Waals surface area contributed by atoms with Gasteiger partial charge in [0.1, 0.15) is 5.69 Å². The zero-order chi connectivity index (χ0) is 21.1. The van der Waals surface area contributed by atoms with Gasteiger partial charge in [0.15, 0.2) is 11.5 Å². The van der Waals surface area contributed by atoms with Crippen LogP contribution in [0.15, 0.2) is 36.4 Å². The van der Waals surface area contributed by atoms with Gasteiger partial charge in [-0.1, -0.05) is 0 Å². The van der Waals surface area contributed by atoms with E-state index in [2.05, 4.69) is 10.6 Å². The van der Waals surface area contributed by atoms with Gasteiger partial charge in [0.05, 0.1) is 11.5 Å². The Morgan fingerprint density at radius 2 is 1.93 bits per heavy atom. The van der Waals surface area contributed by atoms with E-state index in [9.17, 15) is 14.9 Å². The number of nitro groups is 1. The lowest BCUT2D eigenvalue weighted by atomic mass is 10.1. The molecule has 0 atom stereocenters. The lowest BCUT2D eigenvalue weighted by Gasteiger charge is -2.21. The van der Waals surface area contributed by atoms with Crippen molar-refractivity contribution in [3.05, 3.63) is 52.1 Å². The number of amides is 1. The summed E-state index contributed by atoms with van der Waals surface area (Å²) in [5, 5.41) is 17.1. The van der Waals surface area contributed by atoms with Crippen LogP contribution in [0.2, 0.25) is 0 Å². The molecule has 1 saturated carbocycles. The first-order chi connectivity index (χ1) is 14.5. The maximum absolute atomic E-state index is 12.7. The molecule has 0 aromatic heterocycles. The third-order valence-electron chi connectivity index (χ3n) is 5.24. The molecule has 0 unspecified atom stereocenters. The van der Waals surface area contributed by atoms with Gasteiger partial charge in [-0.15, -0.1) is 0 Å². The largest absolute Gasteiger partial charge is 0.448 e. The Morgan fingerprint density at radius 1 is 1.17 bits per heavy atom. The van der Waals surface area contributed by atoms with E-state index < -0.39 is 16.6 Å². The van der Waals surface area contributed by atoms with Gasteiger partial charge in [0.25, 0.3) is 17.4 Å². The number of ether oxygens (including phenoxy) is 3. The molecule has 1 heterocycles. The molecule has 2 aromatic carbocycles. The van der Waals surface area contributed by atoms with E-state index in [1.165, 1.54) is 18.2 Å². The Kier molecular flexibility index (Phi) is 5.45. The van der Waals surface area contributed by atoms with Crippen LogP contribution < -0.4 is 20.1 Å². The van der Waals surface area contributed by atoms with E-state index >= 15 is 0 Å². The number of anilines is 2. The number of carbonyl (C=O) groups excluding carboxylic acids is 1. The summed E-state index contributed by atoms with van der Waals surface area (Å²) in [5.41, 5.74) is 0.873. The normalized spacial score (nSPS) is 15.9. The third-order valence-corrected chi connectivity index (χ3v) is 5.24. The molecule has 1 spiro atoms. The van der Waals surface area contributed by atoms with Crippen molar-refractivity contribution in [1.29, 1.82) is 0 Å². The van der Waals surface area contributed by atoms with Crippen molar-refractivity contribution in [3.8, 4) is 11.5 Å². The Labute approximate surface area is 173 Å². The lowest BCUT2D eigenvalue weighted by Crippen LogP contribution is -2.34. The lowest BCUT2D eigenvalue weighted by molar-refractivity contribution is -0.384. The predicted molar refractivity (Wildman–Crippen MR) is 110 cm³/mol. The Balaban J connectivity index is 1.48. The highest BCUT2D eigenvalue weighted by Crippen LogP contribution is 2.47. The van der Waals surface area contributed by atoms with Crippen LogP contribution in [0.1, 0.15) is 36.0 Å². The van der Waals surface area contributed by atoms with Crippen LogP contribution in [0.3, 0.4) is 0 Å². The molecule has 9 heteroatoms. The molecule has 0 bridgehead atoms. The maximum Gasteiger partial charge on any atom is 0.293 e. The van der Waals surface area contributed by atoms with Crippen LogP contribution in [0.5, 0.6) is 11.5 Å². The molecule has 9 nitrogen and oxygen atoms in total. The topological polar surface area (TPSA) is 112 Å². The van der Waals surface area contributed by atoms with Crippen LogP contribution in [0.4, 0.5) is 17.1 Å². The van der Waals surface area contributed by atoms with E-state index in [1.807, 2.05) is 0 Å². The molecule has 2 aromatic rings. The van der Waals surface area contributed by atoms with Gasteiger partial charge in [0.2, 0.25) is 0 Å². The quantitative estimate of drug-likeness (QED) is 0.402. The van der Waals surface area contributed by atoms with E-state index in [1.54, 1.807) is 25.3 Å². The molecule has 0 radical (unpaired) electrons. The summed E-state index contributed by atoms with van der Waals surface area (Å²) in [6.45, 7) is 0.826. The third kappa shape index (κ3) is 4.02. The number of fused-ring (bicyclic) bond motifs is 1. The summed E-state index contributed by atoms with van der Waals surface area (Å²) in [6, 6.07) is 9.52. The monoisotopic (exact) mass is 413 g/mol. The fraction of sp³-hybridized carbons (Fsp3) is 0.381. The SMILES string of the molecule is COCCNc1ccc(C(=O)Nc2ccc3c(c2)OC2(CCCC2)O3)cc1[N+](=O)[O-]. The predicted octanol–water partition coefficient (Wildman–Crippen LogP) is 3.95. The molecular formula is C21H23N3O6. The summed E-state index contributed by atoms with van der Waals surface area (Å²) in [7, 11) is 1.55. The number of rotatable bonds is 7. The highest BCUT2D eigenvalue weighted by molar-refractivity contribution is 6.05. The Hall–Kier alpha value is -3.33. The molecule has 2 aliphatic rings. The number of nitrogens with zero attached hydrogens (tertiary/aromatic N) is 1. The van der Waals surface area contributed by atoms with E-state index in [4.69, 9.17) is 14.2 Å². The molecule has 1 fully saturated rings. The first kappa shape index (κ1) is 20.0. The van der Waals surface area contributed by atoms with Gasteiger partial charge < -0.3 is 24.8 Å². The van der Waals surface area contributed by atoms with Crippen LogP contribution in [-0.4, -0.2) is 36.9 Å². The van der Waals surface area contributed by atoms with Gasteiger partial charge in [-0.25, -0.2) is 0 Å². The van der Waals surface area contributed by atoms with E-state index in [-0.39, 0.29) is 11.3 Å². The molecule has 1 amide bonds. The van der Waals surface area contributed by atoms with Crippen molar-refractivity contribution in [3.63, 3.8) is 0 Å². The fourth-order valence-corrected chi connectivity index (χ4v) is 3.75. The minimum atomic E-state index is -0.572. The number of hydrogen-bond acceptors (Lipinski definition) is 7. The second kappa shape index (κ2) is 8.19. The second-order valence-corrected chi connectivity index (χ2v) is 7.35. The van der Waals surface area contributed by atoms with Crippen LogP contribution in [0.25, 0.3) is 0 Å². The molecule has 158 valence electrons. The summed E-state index contributed by atoms with van der Waals surface area (Å²) in [4.78, 5) is 23.6. The zero-order valence-corrected chi connectivity index (χ0v) is 16.6. The van der Waals surface area contributed by atoms with Gasteiger partial charge in [-0.2, -0.15) is 0 Å². The minimum Gasteiger partial charge on any atom is -0.448 e. The molecular weight excluding hydrogens is 390 g/mol. The number of nitrogens with one attached hydrogen (secondary N) is 2. The summed E-state index contributed by atoms with van der Waals surface area (Å²) < 4.78 is 16.9. The van der Waals surface area contributed by atoms with Crippen molar-refractivity contribution in [2.24, 2.45) is 0 Å². The van der Waals surface area contributed by atoms with E-state index in [0.29, 0.717) is 36.0 Å². The first-order valence-electron chi connectivity index (χ1n) is 9.84. The average Bonchev–Trinajstić information content (AvgIpc) is 3.33. The second-order valence-electron chi connectivity index (χ2n) is 7.35. The van der Waals surface area contributed by atoms with E-state index in [0.717, 1.165) is 25.7 Å².